The molecule has 0 aromatic heterocycles. The van der Waals surface area contributed by atoms with Crippen LogP contribution in [-0.2, 0) is 11.0 Å². The summed E-state index contributed by atoms with van der Waals surface area (Å²) in [7, 11) is 0. The zero-order valence-corrected chi connectivity index (χ0v) is 28.7. The molecule has 0 aliphatic heterocycles. The molecular weight excluding hydrogens is 569 g/mol. The summed E-state index contributed by atoms with van der Waals surface area (Å²) in [6.45, 7) is 11.7. The molecule has 0 saturated carbocycles. The lowest BCUT2D eigenvalue weighted by Gasteiger charge is -2.46. The predicted molar refractivity (Wildman–Crippen MR) is 204 cm³/mol. The number of anilines is 5. The van der Waals surface area contributed by atoms with Gasteiger partial charge in [0.15, 0.2) is 0 Å². The van der Waals surface area contributed by atoms with Crippen LogP contribution in [0.2, 0.25) is 0 Å². The van der Waals surface area contributed by atoms with Gasteiger partial charge in [-0.05, 0) is 114 Å². The van der Waals surface area contributed by atoms with Crippen molar-refractivity contribution in [3.8, 4) is 0 Å². The number of rotatable bonds is 12. The largest absolute Gasteiger partial charge is 0.331 e. The lowest BCUT2D eigenvalue weighted by atomic mass is 9.76. The van der Waals surface area contributed by atoms with E-state index in [0.29, 0.717) is 0 Å². The molecule has 6 aromatic rings. The van der Waals surface area contributed by atoms with Gasteiger partial charge in [0.05, 0.1) is 5.54 Å². The average Bonchev–Trinajstić information content (AvgIpc) is 3.15. The molecule has 6 rings (SSSR count). The smallest absolute Gasteiger partial charge is 0.0697 e. The van der Waals surface area contributed by atoms with E-state index in [0.717, 1.165) is 42.7 Å². The molecule has 2 heteroatoms. The molecule has 6 aromatic carbocycles. The van der Waals surface area contributed by atoms with E-state index in [2.05, 4.69) is 196 Å². The van der Waals surface area contributed by atoms with Gasteiger partial charge in [0.2, 0.25) is 0 Å². The molecule has 2 nitrogen and oxygen atoms in total. The third-order valence-corrected chi connectivity index (χ3v) is 10.7. The Morgan fingerprint density at radius 3 is 1.38 bits per heavy atom. The number of benzene rings is 6. The third-order valence-electron chi connectivity index (χ3n) is 10.7. The van der Waals surface area contributed by atoms with Crippen molar-refractivity contribution in [2.75, 3.05) is 9.80 Å². The maximum Gasteiger partial charge on any atom is 0.0697 e. The highest BCUT2D eigenvalue weighted by Crippen LogP contribution is 2.46. The fraction of sp³-hybridized carbons (Fsp3) is 0.244. The molecule has 0 N–H and O–H groups in total. The lowest BCUT2D eigenvalue weighted by molar-refractivity contribution is 0.402. The Morgan fingerprint density at radius 2 is 0.851 bits per heavy atom. The van der Waals surface area contributed by atoms with E-state index in [1.165, 1.54) is 33.3 Å². The van der Waals surface area contributed by atoms with Crippen LogP contribution in [0.1, 0.15) is 71.4 Å². The second-order valence-corrected chi connectivity index (χ2v) is 13.0. The van der Waals surface area contributed by atoms with E-state index < -0.39 is 0 Å². The maximum atomic E-state index is 2.60. The summed E-state index contributed by atoms with van der Waals surface area (Å²) in [4.78, 5) is 4.93. The lowest BCUT2D eigenvalue weighted by Crippen LogP contribution is -2.43. The summed E-state index contributed by atoms with van der Waals surface area (Å²) in [5, 5.41) is 2.51. The molecule has 0 unspecified atom stereocenters. The molecule has 0 fully saturated rings. The minimum Gasteiger partial charge on any atom is -0.331 e. The number of nitrogens with zero attached hydrogens (tertiary/aromatic N) is 2. The van der Waals surface area contributed by atoms with E-state index in [-0.39, 0.29) is 11.0 Å². The van der Waals surface area contributed by atoms with E-state index >= 15 is 0 Å². The zero-order chi connectivity index (χ0) is 32.9. The Kier molecular flexibility index (Phi) is 9.50. The van der Waals surface area contributed by atoms with Crippen molar-refractivity contribution in [3.63, 3.8) is 0 Å². The standard InChI is InChI=1S/C45H48N2/c1-6-44(5,7-2)37-25-27-38(28-26-37)45(8-3,9-4)47(43-29-24-35-18-16-17-19-36(35)34-43)42-32-30-41(31-33-42)46(39-20-12-10-13-21-39)40-22-14-11-15-23-40/h10-34H,6-9H2,1-5H3. The third kappa shape index (κ3) is 6.17. The van der Waals surface area contributed by atoms with Gasteiger partial charge in [-0.25, -0.2) is 0 Å². The first-order valence-corrected chi connectivity index (χ1v) is 17.4. The summed E-state index contributed by atoms with van der Waals surface area (Å²) in [5.74, 6) is 0. The Hall–Kier alpha value is -4.82. The van der Waals surface area contributed by atoms with Gasteiger partial charge in [-0.15, -0.1) is 0 Å². The van der Waals surface area contributed by atoms with Gasteiger partial charge in [0, 0.05) is 28.4 Å². The van der Waals surface area contributed by atoms with Crippen LogP contribution in [0.25, 0.3) is 10.8 Å². The van der Waals surface area contributed by atoms with Crippen molar-refractivity contribution < 1.29 is 0 Å². The zero-order valence-electron chi connectivity index (χ0n) is 28.7. The van der Waals surface area contributed by atoms with Crippen molar-refractivity contribution in [2.24, 2.45) is 0 Å². The Balaban J connectivity index is 1.50. The minimum atomic E-state index is -0.240. The van der Waals surface area contributed by atoms with Gasteiger partial charge < -0.3 is 9.80 Å². The molecule has 0 bridgehead atoms. The van der Waals surface area contributed by atoms with E-state index in [1.54, 1.807) is 0 Å². The van der Waals surface area contributed by atoms with Crippen molar-refractivity contribution in [1.82, 2.24) is 0 Å². The van der Waals surface area contributed by atoms with Crippen molar-refractivity contribution in [2.45, 2.75) is 71.3 Å². The van der Waals surface area contributed by atoms with Crippen LogP contribution in [-0.4, -0.2) is 0 Å². The normalized spacial score (nSPS) is 11.9. The van der Waals surface area contributed by atoms with Crippen LogP contribution in [0.15, 0.2) is 152 Å². The van der Waals surface area contributed by atoms with Gasteiger partial charge in [-0.3, -0.25) is 0 Å². The molecule has 0 aliphatic carbocycles. The second-order valence-electron chi connectivity index (χ2n) is 13.0. The first kappa shape index (κ1) is 32.1. The molecule has 0 atom stereocenters. The summed E-state index contributed by atoms with van der Waals surface area (Å²) in [6.07, 6.45) is 4.20. The first-order valence-electron chi connectivity index (χ1n) is 17.4. The van der Waals surface area contributed by atoms with Gasteiger partial charge in [0.25, 0.3) is 0 Å². The Morgan fingerprint density at radius 1 is 0.404 bits per heavy atom. The molecule has 238 valence electrons. The number of hydrogen-bond acceptors (Lipinski definition) is 2. The maximum absolute atomic E-state index is 2.60. The van der Waals surface area contributed by atoms with Crippen LogP contribution in [0, 0.1) is 0 Å². The Bertz CT molecular complexity index is 1830. The quantitative estimate of drug-likeness (QED) is 0.135. The van der Waals surface area contributed by atoms with Crippen molar-refractivity contribution >= 4 is 39.2 Å². The van der Waals surface area contributed by atoms with Crippen LogP contribution < -0.4 is 9.80 Å². The highest BCUT2D eigenvalue weighted by Gasteiger charge is 2.37. The summed E-state index contributed by atoms with van der Waals surface area (Å²) in [5.41, 5.74) is 8.53. The highest BCUT2D eigenvalue weighted by molar-refractivity contribution is 5.87. The number of hydrogen-bond donors (Lipinski definition) is 0. The van der Waals surface area contributed by atoms with Crippen LogP contribution in [0.3, 0.4) is 0 Å². The molecule has 0 saturated heterocycles. The fourth-order valence-electron chi connectivity index (χ4n) is 7.26. The topological polar surface area (TPSA) is 6.48 Å². The van der Waals surface area contributed by atoms with Crippen LogP contribution in [0.5, 0.6) is 0 Å². The monoisotopic (exact) mass is 616 g/mol. The van der Waals surface area contributed by atoms with Gasteiger partial charge in [-0.1, -0.05) is 126 Å². The van der Waals surface area contributed by atoms with E-state index in [1.807, 2.05) is 0 Å². The molecular formula is C45H48N2. The average molecular weight is 617 g/mol. The van der Waals surface area contributed by atoms with Gasteiger partial charge in [0.1, 0.15) is 0 Å². The van der Waals surface area contributed by atoms with Gasteiger partial charge in [-0.2, -0.15) is 0 Å². The van der Waals surface area contributed by atoms with Crippen molar-refractivity contribution in [1.29, 1.82) is 0 Å². The predicted octanol–water partition coefficient (Wildman–Crippen LogP) is 13.2. The van der Waals surface area contributed by atoms with E-state index in [4.69, 9.17) is 0 Å². The minimum absolute atomic E-state index is 0.191. The number of para-hydroxylation sites is 2. The summed E-state index contributed by atoms with van der Waals surface area (Å²) < 4.78 is 0. The molecule has 0 aliphatic rings. The first-order chi connectivity index (χ1) is 23.0. The molecule has 47 heavy (non-hydrogen) atoms. The molecule has 0 heterocycles. The Labute approximate surface area is 282 Å². The molecule has 0 radical (unpaired) electrons. The number of fused-ring (bicyclic) bond motifs is 1. The highest BCUT2D eigenvalue weighted by atomic mass is 15.2. The second kappa shape index (κ2) is 13.9. The molecule has 0 amide bonds. The van der Waals surface area contributed by atoms with Gasteiger partial charge >= 0.3 is 0 Å². The van der Waals surface area contributed by atoms with E-state index in [9.17, 15) is 0 Å². The summed E-state index contributed by atoms with van der Waals surface area (Å²) in [6, 6.07) is 55.6. The SMILES string of the molecule is CCC(C)(CC)c1ccc(C(CC)(CC)N(c2ccc(N(c3ccccc3)c3ccccc3)cc2)c2ccc3ccccc3c2)cc1. The van der Waals surface area contributed by atoms with Crippen molar-refractivity contribution in [3.05, 3.63) is 163 Å². The molecule has 0 spiro atoms. The van der Waals surface area contributed by atoms with Crippen LogP contribution in [0.4, 0.5) is 28.4 Å². The summed E-state index contributed by atoms with van der Waals surface area (Å²) >= 11 is 0. The fourth-order valence-corrected chi connectivity index (χ4v) is 7.26. The van der Waals surface area contributed by atoms with Crippen LogP contribution >= 0.6 is 0 Å².